The fourth-order valence-corrected chi connectivity index (χ4v) is 2.43. The highest BCUT2D eigenvalue weighted by Gasteiger charge is 2.15. The van der Waals surface area contributed by atoms with E-state index in [1.807, 2.05) is 19.2 Å². The minimum absolute atomic E-state index is 0.492. The van der Waals surface area contributed by atoms with Crippen LogP contribution in [0.4, 0.5) is 0 Å². The molecule has 1 unspecified atom stereocenters. The molecule has 0 radical (unpaired) electrons. The molecule has 92 valence electrons. The van der Waals surface area contributed by atoms with Gasteiger partial charge >= 0.3 is 0 Å². The molecule has 0 aromatic heterocycles. The van der Waals surface area contributed by atoms with Crippen molar-refractivity contribution in [3.05, 3.63) is 41.5 Å². The Morgan fingerprint density at radius 1 is 1.29 bits per heavy atom. The molecule has 1 N–H and O–H groups in total. The molecular weight excluding hydrogens is 210 g/mol. The molecule has 1 aliphatic carbocycles. The first-order valence-corrected chi connectivity index (χ1v) is 6.32. The van der Waals surface area contributed by atoms with Crippen LogP contribution in [0.2, 0.25) is 0 Å². The predicted octanol–water partition coefficient (Wildman–Crippen LogP) is 2.94. The number of ether oxygens (including phenoxy) is 1. The van der Waals surface area contributed by atoms with Crippen LogP contribution in [-0.2, 0) is 6.42 Å². The lowest BCUT2D eigenvalue weighted by Crippen LogP contribution is -2.29. The van der Waals surface area contributed by atoms with E-state index in [-0.39, 0.29) is 0 Å². The Balaban J connectivity index is 2.02. The van der Waals surface area contributed by atoms with Gasteiger partial charge in [0.15, 0.2) is 0 Å². The van der Waals surface area contributed by atoms with Gasteiger partial charge in [0, 0.05) is 6.04 Å². The van der Waals surface area contributed by atoms with E-state index in [4.69, 9.17) is 4.74 Å². The number of hydrogen-bond acceptors (Lipinski definition) is 2. The van der Waals surface area contributed by atoms with E-state index in [0.717, 1.165) is 12.2 Å². The molecule has 0 saturated carbocycles. The topological polar surface area (TPSA) is 21.3 Å². The summed E-state index contributed by atoms with van der Waals surface area (Å²) < 4.78 is 5.17. The number of benzene rings is 1. The van der Waals surface area contributed by atoms with E-state index >= 15 is 0 Å². The summed E-state index contributed by atoms with van der Waals surface area (Å²) in [6, 6.07) is 8.86. The van der Waals surface area contributed by atoms with Crippen molar-refractivity contribution in [2.24, 2.45) is 0 Å². The summed E-state index contributed by atoms with van der Waals surface area (Å²) in [6.45, 7) is 0. The maximum atomic E-state index is 5.17. The standard InChI is InChI=1S/C15H21NO/c1-16-15(13-5-3-4-6-13)11-12-7-9-14(17-2)10-8-12/h5,7-10,15-16H,3-4,6,11H2,1-2H3. The summed E-state index contributed by atoms with van der Waals surface area (Å²) in [5, 5.41) is 3.42. The lowest BCUT2D eigenvalue weighted by Gasteiger charge is -2.18. The van der Waals surface area contributed by atoms with Crippen molar-refractivity contribution in [3.8, 4) is 5.75 Å². The van der Waals surface area contributed by atoms with Crippen molar-refractivity contribution in [2.45, 2.75) is 31.7 Å². The second kappa shape index (κ2) is 5.87. The average Bonchev–Trinajstić information content (AvgIpc) is 2.90. The normalized spacial score (nSPS) is 16.7. The zero-order chi connectivity index (χ0) is 12.1. The largest absolute Gasteiger partial charge is 0.497 e. The van der Waals surface area contributed by atoms with Gasteiger partial charge in [-0.15, -0.1) is 0 Å². The van der Waals surface area contributed by atoms with Crippen LogP contribution in [0.3, 0.4) is 0 Å². The lowest BCUT2D eigenvalue weighted by molar-refractivity contribution is 0.414. The van der Waals surface area contributed by atoms with Crippen molar-refractivity contribution in [3.63, 3.8) is 0 Å². The predicted molar refractivity (Wildman–Crippen MR) is 71.5 cm³/mol. The number of hydrogen-bond donors (Lipinski definition) is 1. The average molecular weight is 231 g/mol. The fourth-order valence-electron chi connectivity index (χ4n) is 2.43. The number of nitrogens with one attached hydrogen (secondary N) is 1. The van der Waals surface area contributed by atoms with Gasteiger partial charge in [-0.3, -0.25) is 0 Å². The molecule has 0 fully saturated rings. The maximum Gasteiger partial charge on any atom is 0.118 e. The number of likely N-dealkylation sites (N-methyl/N-ethyl adjacent to an activating group) is 1. The van der Waals surface area contributed by atoms with E-state index in [2.05, 4.69) is 23.5 Å². The summed E-state index contributed by atoms with van der Waals surface area (Å²) in [5.74, 6) is 0.926. The van der Waals surface area contributed by atoms with Crippen LogP contribution in [0.15, 0.2) is 35.9 Å². The Labute approximate surface area is 104 Å². The smallest absolute Gasteiger partial charge is 0.118 e. The molecule has 0 bridgehead atoms. The first kappa shape index (κ1) is 12.2. The van der Waals surface area contributed by atoms with Gasteiger partial charge in [0.2, 0.25) is 0 Å². The highest BCUT2D eigenvalue weighted by atomic mass is 16.5. The molecule has 0 spiro atoms. The van der Waals surface area contributed by atoms with Crippen LogP contribution >= 0.6 is 0 Å². The van der Waals surface area contributed by atoms with Gasteiger partial charge in [0.1, 0.15) is 5.75 Å². The summed E-state index contributed by atoms with van der Waals surface area (Å²) >= 11 is 0. The summed E-state index contributed by atoms with van der Waals surface area (Å²) in [6.07, 6.45) is 7.27. The van der Waals surface area contributed by atoms with Crippen molar-refractivity contribution in [2.75, 3.05) is 14.2 Å². The van der Waals surface area contributed by atoms with Gasteiger partial charge in [0.05, 0.1) is 7.11 Å². The van der Waals surface area contributed by atoms with Gasteiger partial charge < -0.3 is 10.1 Å². The molecule has 0 heterocycles. The van der Waals surface area contributed by atoms with Crippen molar-refractivity contribution in [1.82, 2.24) is 5.32 Å². The summed E-state index contributed by atoms with van der Waals surface area (Å²) in [4.78, 5) is 0. The number of methoxy groups -OCH3 is 1. The van der Waals surface area contributed by atoms with E-state index in [0.29, 0.717) is 6.04 Å². The Hall–Kier alpha value is -1.28. The number of allylic oxidation sites excluding steroid dienone is 1. The third-order valence-electron chi connectivity index (χ3n) is 3.47. The Bertz CT molecular complexity index is 380. The van der Waals surface area contributed by atoms with Gasteiger partial charge in [-0.2, -0.15) is 0 Å². The quantitative estimate of drug-likeness (QED) is 0.787. The summed E-state index contributed by atoms with van der Waals surface area (Å²) in [7, 11) is 3.75. The molecule has 1 aliphatic rings. The van der Waals surface area contributed by atoms with Crippen LogP contribution in [0.25, 0.3) is 0 Å². The second-order valence-electron chi connectivity index (χ2n) is 4.56. The third-order valence-corrected chi connectivity index (χ3v) is 3.47. The van der Waals surface area contributed by atoms with Gasteiger partial charge in [-0.1, -0.05) is 23.8 Å². The zero-order valence-electron chi connectivity index (χ0n) is 10.7. The molecule has 2 nitrogen and oxygen atoms in total. The van der Waals surface area contributed by atoms with Crippen LogP contribution in [-0.4, -0.2) is 20.2 Å². The fraction of sp³-hybridized carbons (Fsp3) is 0.467. The molecule has 1 atom stereocenters. The van der Waals surface area contributed by atoms with Crippen molar-refractivity contribution < 1.29 is 4.74 Å². The first-order valence-electron chi connectivity index (χ1n) is 6.32. The molecule has 0 amide bonds. The van der Waals surface area contributed by atoms with E-state index in [1.54, 1.807) is 12.7 Å². The van der Waals surface area contributed by atoms with Crippen molar-refractivity contribution >= 4 is 0 Å². The Kier molecular flexibility index (Phi) is 4.21. The van der Waals surface area contributed by atoms with E-state index < -0.39 is 0 Å². The van der Waals surface area contributed by atoms with E-state index in [1.165, 1.54) is 24.8 Å². The van der Waals surface area contributed by atoms with Crippen LogP contribution < -0.4 is 10.1 Å². The SMILES string of the molecule is CNC(Cc1ccc(OC)cc1)C1=CCCC1. The molecule has 0 saturated heterocycles. The van der Waals surface area contributed by atoms with Crippen LogP contribution in [0.5, 0.6) is 5.75 Å². The second-order valence-corrected chi connectivity index (χ2v) is 4.56. The third kappa shape index (κ3) is 3.10. The molecule has 0 aliphatic heterocycles. The highest BCUT2D eigenvalue weighted by molar-refractivity contribution is 5.29. The Morgan fingerprint density at radius 3 is 2.59 bits per heavy atom. The van der Waals surface area contributed by atoms with Gasteiger partial charge in [-0.25, -0.2) is 0 Å². The van der Waals surface area contributed by atoms with Crippen LogP contribution in [0.1, 0.15) is 24.8 Å². The molecule has 17 heavy (non-hydrogen) atoms. The molecule has 1 aromatic rings. The van der Waals surface area contributed by atoms with Crippen LogP contribution in [0, 0.1) is 0 Å². The van der Waals surface area contributed by atoms with Gasteiger partial charge in [-0.05, 0) is 50.4 Å². The van der Waals surface area contributed by atoms with Crippen molar-refractivity contribution in [1.29, 1.82) is 0 Å². The lowest BCUT2D eigenvalue weighted by atomic mass is 9.98. The minimum Gasteiger partial charge on any atom is -0.497 e. The minimum atomic E-state index is 0.492. The monoisotopic (exact) mass is 231 g/mol. The molecule has 1 aromatic carbocycles. The Morgan fingerprint density at radius 2 is 2.06 bits per heavy atom. The maximum absolute atomic E-state index is 5.17. The first-order chi connectivity index (χ1) is 8.33. The molecular formula is C15H21NO. The highest BCUT2D eigenvalue weighted by Crippen LogP contribution is 2.23. The van der Waals surface area contributed by atoms with Gasteiger partial charge in [0.25, 0.3) is 0 Å². The molecule has 2 heteroatoms. The zero-order valence-corrected chi connectivity index (χ0v) is 10.7. The molecule has 2 rings (SSSR count). The van der Waals surface area contributed by atoms with E-state index in [9.17, 15) is 0 Å². The number of rotatable bonds is 5. The summed E-state index contributed by atoms with van der Waals surface area (Å²) in [5.41, 5.74) is 2.93.